The lowest BCUT2D eigenvalue weighted by Crippen LogP contribution is -2.43. The fraction of sp³-hybridized carbons (Fsp3) is 0.783. The molecule has 4 unspecified atom stereocenters. The molecule has 2 aliphatic carbocycles. The summed E-state index contributed by atoms with van der Waals surface area (Å²) in [4.78, 5) is 33.8. The van der Waals surface area contributed by atoms with E-state index in [0.717, 1.165) is 25.3 Å². The zero-order chi connectivity index (χ0) is 21.1. The number of aliphatic imine (C=N–C) groups is 1. The molecular weight excluding hydrogens is 505 g/mol. The summed E-state index contributed by atoms with van der Waals surface area (Å²) in [6.45, 7) is 8.00. The Bertz CT molecular complexity index is 674. The first-order valence-electron chi connectivity index (χ1n) is 11.8. The molecule has 0 aromatic rings. The monoisotopic (exact) mass is 543 g/mol. The second-order valence-electron chi connectivity index (χ2n) is 9.35. The van der Waals surface area contributed by atoms with Crippen LogP contribution in [0, 0.1) is 29.6 Å². The molecule has 7 nitrogen and oxygen atoms in total. The van der Waals surface area contributed by atoms with E-state index in [2.05, 4.69) is 39.6 Å². The number of rotatable bonds is 8. The van der Waals surface area contributed by atoms with Gasteiger partial charge in [0.1, 0.15) is 0 Å². The van der Waals surface area contributed by atoms with Crippen LogP contribution >= 0.6 is 24.0 Å². The molecule has 1 saturated carbocycles. The van der Waals surface area contributed by atoms with Gasteiger partial charge in [-0.15, -0.1) is 24.0 Å². The van der Waals surface area contributed by atoms with E-state index >= 15 is 0 Å². The summed E-state index contributed by atoms with van der Waals surface area (Å²) >= 11 is 0. The van der Waals surface area contributed by atoms with E-state index in [4.69, 9.17) is 0 Å². The Balaban J connectivity index is 0.00000272. The van der Waals surface area contributed by atoms with Crippen LogP contribution in [-0.4, -0.2) is 73.9 Å². The normalized spacial score (nSPS) is 30.6. The number of fused-ring (bicyclic) bond motifs is 5. The number of carbonyl (C=O) groups is 2. The number of halogens is 1. The summed E-state index contributed by atoms with van der Waals surface area (Å²) in [7, 11) is 1.79. The smallest absolute Gasteiger partial charge is 0.233 e. The molecule has 4 aliphatic rings. The van der Waals surface area contributed by atoms with Gasteiger partial charge in [-0.05, 0) is 69.5 Å². The van der Waals surface area contributed by atoms with Crippen molar-refractivity contribution in [3.63, 3.8) is 0 Å². The van der Waals surface area contributed by atoms with Crippen molar-refractivity contribution < 1.29 is 9.59 Å². The number of piperidine rings is 1. The molecule has 8 heteroatoms. The van der Waals surface area contributed by atoms with Crippen molar-refractivity contribution in [2.45, 2.75) is 39.0 Å². The van der Waals surface area contributed by atoms with Crippen LogP contribution in [-0.2, 0) is 9.59 Å². The number of hydrogen-bond donors (Lipinski definition) is 2. The van der Waals surface area contributed by atoms with Crippen LogP contribution in [0.3, 0.4) is 0 Å². The van der Waals surface area contributed by atoms with E-state index < -0.39 is 0 Å². The molecular formula is C23H38IN5O2. The standard InChI is InChI=1S/C23H37N5O2.HI/c1-3-10-27-12-7-16(8-13-27)15-26-23(24-2)25-9-4-11-28-21(29)19-17-5-6-18(14-17)20(19)22(28)30;/h5-6,16-20H,3-4,7-15H2,1-2H3,(H2,24,25,26);1H. The van der Waals surface area contributed by atoms with E-state index in [9.17, 15) is 9.59 Å². The maximum atomic E-state index is 12.7. The molecule has 174 valence electrons. The molecule has 3 fully saturated rings. The van der Waals surface area contributed by atoms with Crippen LogP contribution < -0.4 is 10.6 Å². The lowest BCUT2D eigenvalue weighted by molar-refractivity contribution is -0.140. The molecule has 0 aromatic carbocycles. The molecule has 2 N–H and O–H groups in total. The summed E-state index contributed by atoms with van der Waals surface area (Å²) in [5.74, 6) is 2.02. The fourth-order valence-electron chi connectivity index (χ4n) is 5.82. The third kappa shape index (κ3) is 5.26. The zero-order valence-electron chi connectivity index (χ0n) is 18.9. The maximum Gasteiger partial charge on any atom is 0.233 e. The molecule has 2 saturated heterocycles. The van der Waals surface area contributed by atoms with Gasteiger partial charge in [0, 0.05) is 26.7 Å². The molecule has 31 heavy (non-hydrogen) atoms. The summed E-state index contributed by atoms with van der Waals surface area (Å²) in [5.41, 5.74) is 0. The van der Waals surface area contributed by atoms with Crippen LogP contribution in [0.1, 0.15) is 39.0 Å². The minimum Gasteiger partial charge on any atom is -0.356 e. The van der Waals surface area contributed by atoms with E-state index in [1.165, 1.54) is 43.8 Å². The highest BCUT2D eigenvalue weighted by molar-refractivity contribution is 14.0. The van der Waals surface area contributed by atoms with E-state index in [0.29, 0.717) is 19.0 Å². The van der Waals surface area contributed by atoms with Gasteiger partial charge in [0.05, 0.1) is 11.8 Å². The molecule has 0 radical (unpaired) electrons. The molecule has 2 aliphatic heterocycles. The van der Waals surface area contributed by atoms with Crippen molar-refractivity contribution >= 4 is 41.8 Å². The maximum absolute atomic E-state index is 12.7. The van der Waals surface area contributed by atoms with Gasteiger partial charge >= 0.3 is 0 Å². The molecule has 0 spiro atoms. The zero-order valence-corrected chi connectivity index (χ0v) is 21.2. The van der Waals surface area contributed by atoms with Gasteiger partial charge in [-0.3, -0.25) is 19.5 Å². The molecule has 4 atom stereocenters. The van der Waals surface area contributed by atoms with Crippen molar-refractivity contribution in [1.82, 2.24) is 20.4 Å². The Hall–Kier alpha value is -1.16. The summed E-state index contributed by atoms with van der Waals surface area (Å²) in [5, 5.41) is 6.79. The van der Waals surface area contributed by atoms with Crippen molar-refractivity contribution in [3.8, 4) is 0 Å². The van der Waals surface area contributed by atoms with Crippen molar-refractivity contribution in [2.24, 2.45) is 34.6 Å². The van der Waals surface area contributed by atoms with Gasteiger partial charge in [-0.2, -0.15) is 0 Å². The topological polar surface area (TPSA) is 77.0 Å². The molecule has 4 rings (SSSR count). The highest BCUT2D eigenvalue weighted by atomic mass is 127. The lowest BCUT2D eigenvalue weighted by atomic mass is 9.85. The number of amides is 2. The fourth-order valence-corrected chi connectivity index (χ4v) is 5.82. The average Bonchev–Trinajstić information content (AvgIpc) is 3.44. The van der Waals surface area contributed by atoms with Crippen LogP contribution in [0.5, 0.6) is 0 Å². The molecule has 2 amide bonds. The van der Waals surface area contributed by atoms with Gasteiger partial charge in [0.25, 0.3) is 0 Å². The van der Waals surface area contributed by atoms with E-state index in [-0.39, 0.29) is 59.5 Å². The number of guanidine groups is 1. The number of nitrogens with zero attached hydrogens (tertiary/aromatic N) is 3. The minimum absolute atomic E-state index is 0. The first kappa shape index (κ1) is 24.5. The number of nitrogens with one attached hydrogen (secondary N) is 2. The van der Waals surface area contributed by atoms with E-state index in [1.807, 2.05) is 0 Å². The second kappa shape index (κ2) is 11.1. The lowest BCUT2D eigenvalue weighted by Gasteiger charge is -2.32. The van der Waals surface area contributed by atoms with Crippen molar-refractivity contribution in [2.75, 3.05) is 46.3 Å². The summed E-state index contributed by atoms with van der Waals surface area (Å²) < 4.78 is 0. The van der Waals surface area contributed by atoms with Gasteiger partial charge in [0.2, 0.25) is 11.8 Å². The van der Waals surface area contributed by atoms with Crippen LogP contribution in [0.15, 0.2) is 17.1 Å². The predicted molar refractivity (Wildman–Crippen MR) is 133 cm³/mol. The number of hydrogen-bond acceptors (Lipinski definition) is 4. The summed E-state index contributed by atoms with van der Waals surface area (Å²) in [6, 6.07) is 0. The molecule has 2 bridgehead atoms. The number of likely N-dealkylation sites (tertiary alicyclic amines) is 2. The Labute approximate surface area is 203 Å². The summed E-state index contributed by atoms with van der Waals surface area (Å²) in [6.07, 6.45) is 9.73. The number of imide groups is 1. The number of carbonyl (C=O) groups excluding carboxylic acids is 2. The van der Waals surface area contributed by atoms with Crippen molar-refractivity contribution in [3.05, 3.63) is 12.2 Å². The first-order valence-corrected chi connectivity index (χ1v) is 11.8. The van der Waals surface area contributed by atoms with Crippen LogP contribution in [0.4, 0.5) is 0 Å². The third-order valence-corrected chi connectivity index (χ3v) is 7.44. The first-order chi connectivity index (χ1) is 14.6. The highest BCUT2D eigenvalue weighted by Gasteiger charge is 2.58. The quantitative estimate of drug-likeness (QED) is 0.123. The average molecular weight is 543 g/mol. The van der Waals surface area contributed by atoms with Crippen molar-refractivity contribution in [1.29, 1.82) is 0 Å². The molecule has 2 heterocycles. The highest BCUT2D eigenvalue weighted by Crippen LogP contribution is 2.52. The minimum atomic E-state index is -0.0846. The van der Waals surface area contributed by atoms with Gasteiger partial charge in [-0.1, -0.05) is 19.1 Å². The Morgan fingerprint density at radius 1 is 1.06 bits per heavy atom. The van der Waals surface area contributed by atoms with E-state index in [1.54, 1.807) is 7.05 Å². The largest absolute Gasteiger partial charge is 0.356 e. The third-order valence-electron chi connectivity index (χ3n) is 7.44. The van der Waals surface area contributed by atoms with Gasteiger partial charge < -0.3 is 15.5 Å². The molecule has 0 aromatic heterocycles. The van der Waals surface area contributed by atoms with Gasteiger partial charge in [0.15, 0.2) is 5.96 Å². The number of allylic oxidation sites excluding steroid dienone is 2. The second-order valence-corrected chi connectivity index (χ2v) is 9.35. The SMILES string of the molecule is CCCN1CCC(CNC(=NC)NCCCN2C(=O)C3C4C=CC(C4)C3C2=O)CC1.I. The Morgan fingerprint density at radius 2 is 1.71 bits per heavy atom. The predicted octanol–water partition coefficient (Wildman–Crippen LogP) is 2.09. The Kier molecular flexibility index (Phi) is 8.78. The van der Waals surface area contributed by atoms with Crippen LogP contribution in [0.25, 0.3) is 0 Å². The van der Waals surface area contributed by atoms with Crippen LogP contribution in [0.2, 0.25) is 0 Å². The Morgan fingerprint density at radius 3 is 2.29 bits per heavy atom. The van der Waals surface area contributed by atoms with Gasteiger partial charge in [-0.25, -0.2) is 0 Å².